The van der Waals surface area contributed by atoms with Gasteiger partial charge in [-0.1, -0.05) is 42.5 Å². The molecule has 0 aliphatic carbocycles. The predicted octanol–water partition coefficient (Wildman–Crippen LogP) is 1.96. The van der Waals surface area contributed by atoms with E-state index >= 15 is 0 Å². The van der Waals surface area contributed by atoms with Crippen molar-refractivity contribution in [1.82, 2.24) is 15.5 Å². The average molecular weight is 492 g/mol. The maximum atomic E-state index is 13.3. The van der Waals surface area contributed by atoms with Crippen LogP contribution >= 0.6 is 0 Å². The lowest BCUT2D eigenvalue weighted by atomic mass is 10.0. The van der Waals surface area contributed by atoms with Gasteiger partial charge in [0.2, 0.25) is 0 Å². The SMILES string of the molecule is CCOC(=O)C1=C(COC(=O)C(Cc2ccccc2)N2C(=O)c3ccccc3C2=O)NC(=O)NC1C. The number of benzene rings is 2. The molecule has 2 aromatic carbocycles. The molecule has 0 saturated heterocycles. The van der Waals surface area contributed by atoms with E-state index in [2.05, 4.69) is 10.6 Å². The van der Waals surface area contributed by atoms with E-state index in [1.54, 1.807) is 50.2 Å². The van der Waals surface area contributed by atoms with Gasteiger partial charge in [-0.3, -0.25) is 14.5 Å². The molecular weight excluding hydrogens is 466 g/mol. The molecule has 4 amide bonds. The molecule has 0 fully saturated rings. The first-order valence-electron chi connectivity index (χ1n) is 11.5. The Hall–Kier alpha value is -4.47. The maximum absolute atomic E-state index is 13.3. The van der Waals surface area contributed by atoms with Crippen LogP contribution in [0.25, 0.3) is 0 Å². The quantitative estimate of drug-likeness (QED) is 0.426. The summed E-state index contributed by atoms with van der Waals surface area (Å²) in [6, 6.07) is 12.8. The van der Waals surface area contributed by atoms with Crippen LogP contribution in [0.2, 0.25) is 0 Å². The molecule has 2 N–H and O–H groups in total. The summed E-state index contributed by atoms with van der Waals surface area (Å²) >= 11 is 0. The number of rotatable bonds is 8. The monoisotopic (exact) mass is 491 g/mol. The second-order valence-corrected chi connectivity index (χ2v) is 8.27. The van der Waals surface area contributed by atoms with E-state index in [0.717, 1.165) is 4.90 Å². The highest BCUT2D eigenvalue weighted by Gasteiger charge is 2.43. The number of nitrogens with zero attached hydrogens (tertiary/aromatic N) is 1. The molecule has 36 heavy (non-hydrogen) atoms. The number of urea groups is 1. The third-order valence-electron chi connectivity index (χ3n) is 5.91. The van der Waals surface area contributed by atoms with Gasteiger partial charge in [0.05, 0.1) is 35.0 Å². The van der Waals surface area contributed by atoms with Crippen LogP contribution in [0.1, 0.15) is 40.1 Å². The summed E-state index contributed by atoms with van der Waals surface area (Å²) in [6.07, 6.45) is 0.0270. The molecule has 2 aliphatic heterocycles. The summed E-state index contributed by atoms with van der Waals surface area (Å²) in [5.41, 5.74) is 1.31. The number of carbonyl (C=O) groups excluding carboxylic acids is 5. The molecule has 10 heteroatoms. The molecule has 0 saturated carbocycles. The van der Waals surface area contributed by atoms with E-state index in [1.807, 2.05) is 6.07 Å². The molecule has 10 nitrogen and oxygen atoms in total. The standard InChI is InChI=1S/C26H25N3O7/c1-3-35-25(33)21-15(2)27-26(34)28-19(21)14-36-24(32)20(13-16-9-5-4-6-10-16)29-22(30)17-11-7-8-12-18(17)23(29)31/h4-12,15,20H,3,13-14H2,1-2H3,(H2,27,28,34). The first-order valence-corrected chi connectivity index (χ1v) is 11.5. The highest BCUT2D eigenvalue weighted by Crippen LogP contribution is 2.27. The van der Waals surface area contributed by atoms with Gasteiger partial charge >= 0.3 is 18.0 Å². The number of nitrogens with one attached hydrogen (secondary N) is 2. The summed E-state index contributed by atoms with van der Waals surface area (Å²) in [4.78, 5) is 64.9. The van der Waals surface area contributed by atoms with E-state index in [0.29, 0.717) is 5.56 Å². The summed E-state index contributed by atoms with van der Waals surface area (Å²) in [7, 11) is 0. The molecule has 2 heterocycles. The van der Waals surface area contributed by atoms with Gasteiger partial charge in [0, 0.05) is 6.42 Å². The van der Waals surface area contributed by atoms with Crippen molar-refractivity contribution in [1.29, 1.82) is 0 Å². The van der Waals surface area contributed by atoms with Gasteiger partial charge in [-0.2, -0.15) is 0 Å². The maximum Gasteiger partial charge on any atom is 0.338 e. The number of carbonyl (C=O) groups is 5. The first-order chi connectivity index (χ1) is 17.3. The second kappa shape index (κ2) is 10.4. The third-order valence-corrected chi connectivity index (χ3v) is 5.91. The van der Waals surface area contributed by atoms with E-state index in [4.69, 9.17) is 9.47 Å². The zero-order valence-corrected chi connectivity index (χ0v) is 19.8. The van der Waals surface area contributed by atoms with Crippen molar-refractivity contribution in [2.75, 3.05) is 13.2 Å². The van der Waals surface area contributed by atoms with Crippen molar-refractivity contribution < 1.29 is 33.4 Å². The molecule has 2 unspecified atom stereocenters. The van der Waals surface area contributed by atoms with Crippen molar-refractivity contribution in [3.63, 3.8) is 0 Å². The van der Waals surface area contributed by atoms with Crippen LogP contribution < -0.4 is 10.6 Å². The number of hydrogen-bond acceptors (Lipinski definition) is 7. The average Bonchev–Trinajstić information content (AvgIpc) is 3.11. The van der Waals surface area contributed by atoms with Gasteiger partial charge in [-0.15, -0.1) is 0 Å². The summed E-state index contributed by atoms with van der Waals surface area (Å²) in [5, 5.41) is 5.05. The minimum Gasteiger partial charge on any atom is -0.463 e. The highest BCUT2D eigenvalue weighted by atomic mass is 16.5. The predicted molar refractivity (Wildman–Crippen MR) is 127 cm³/mol. The molecule has 186 valence electrons. The Bertz CT molecular complexity index is 1220. The Balaban J connectivity index is 1.62. The number of fused-ring (bicyclic) bond motifs is 1. The lowest BCUT2D eigenvalue weighted by Gasteiger charge is -2.28. The Morgan fingerprint density at radius 3 is 2.17 bits per heavy atom. The van der Waals surface area contributed by atoms with Crippen molar-refractivity contribution in [3.05, 3.63) is 82.6 Å². The Morgan fingerprint density at radius 2 is 1.56 bits per heavy atom. The molecule has 4 rings (SSSR count). The van der Waals surface area contributed by atoms with Gasteiger partial charge in [-0.25, -0.2) is 14.4 Å². The number of ether oxygens (including phenoxy) is 2. The molecular formula is C26H25N3O7. The van der Waals surface area contributed by atoms with Crippen LogP contribution in [-0.2, 0) is 25.5 Å². The number of imide groups is 1. The molecule has 2 atom stereocenters. The van der Waals surface area contributed by atoms with Crippen molar-refractivity contribution in [3.8, 4) is 0 Å². The smallest absolute Gasteiger partial charge is 0.338 e. The lowest BCUT2D eigenvalue weighted by Crippen LogP contribution is -2.51. The van der Waals surface area contributed by atoms with Crippen LogP contribution in [0, 0.1) is 0 Å². The van der Waals surface area contributed by atoms with Crippen molar-refractivity contribution in [2.24, 2.45) is 0 Å². The largest absolute Gasteiger partial charge is 0.463 e. The number of esters is 2. The Morgan fingerprint density at radius 1 is 0.944 bits per heavy atom. The lowest BCUT2D eigenvalue weighted by molar-refractivity contribution is -0.147. The molecule has 0 spiro atoms. The van der Waals surface area contributed by atoms with Gasteiger partial charge in [-0.05, 0) is 31.5 Å². The van der Waals surface area contributed by atoms with E-state index in [1.165, 1.54) is 12.1 Å². The fourth-order valence-corrected chi connectivity index (χ4v) is 4.24. The zero-order chi connectivity index (χ0) is 25.8. The van der Waals surface area contributed by atoms with Gasteiger partial charge in [0.15, 0.2) is 0 Å². The van der Waals surface area contributed by atoms with Crippen LogP contribution in [0.5, 0.6) is 0 Å². The summed E-state index contributed by atoms with van der Waals surface area (Å²) in [5.74, 6) is -2.71. The van der Waals surface area contributed by atoms with E-state index in [-0.39, 0.29) is 35.4 Å². The van der Waals surface area contributed by atoms with E-state index in [9.17, 15) is 24.0 Å². The first kappa shape index (κ1) is 24.6. The van der Waals surface area contributed by atoms with Crippen LogP contribution in [-0.4, -0.2) is 60.0 Å². The summed E-state index contributed by atoms with van der Waals surface area (Å²) in [6.45, 7) is 2.91. The van der Waals surface area contributed by atoms with Crippen LogP contribution in [0.4, 0.5) is 4.79 Å². The Labute approximate surface area is 207 Å². The normalized spacial score (nSPS) is 17.8. The fraction of sp³-hybridized carbons (Fsp3) is 0.269. The minimum absolute atomic E-state index is 0.0270. The number of amides is 4. The van der Waals surface area contributed by atoms with Crippen LogP contribution in [0.15, 0.2) is 65.9 Å². The Kier molecular flexibility index (Phi) is 7.14. The van der Waals surface area contributed by atoms with Crippen molar-refractivity contribution >= 4 is 29.8 Å². The molecule has 2 aliphatic rings. The second-order valence-electron chi connectivity index (χ2n) is 8.27. The number of hydrogen-bond donors (Lipinski definition) is 2. The van der Waals surface area contributed by atoms with Crippen LogP contribution in [0.3, 0.4) is 0 Å². The zero-order valence-electron chi connectivity index (χ0n) is 19.8. The summed E-state index contributed by atoms with van der Waals surface area (Å²) < 4.78 is 10.6. The molecule has 0 bridgehead atoms. The van der Waals surface area contributed by atoms with Crippen molar-refractivity contribution in [2.45, 2.75) is 32.4 Å². The molecule has 0 radical (unpaired) electrons. The third kappa shape index (κ3) is 4.83. The van der Waals surface area contributed by atoms with E-state index < -0.39 is 48.5 Å². The fourth-order valence-electron chi connectivity index (χ4n) is 4.24. The molecule has 0 aromatic heterocycles. The van der Waals surface area contributed by atoms with Gasteiger partial charge < -0.3 is 20.1 Å². The topological polar surface area (TPSA) is 131 Å². The van der Waals surface area contributed by atoms with Gasteiger partial charge in [0.25, 0.3) is 11.8 Å². The minimum atomic E-state index is -1.26. The molecule has 2 aromatic rings. The van der Waals surface area contributed by atoms with Gasteiger partial charge in [0.1, 0.15) is 12.6 Å². The highest BCUT2D eigenvalue weighted by molar-refractivity contribution is 6.22.